The summed E-state index contributed by atoms with van der Waals surface area (Å²) in [4.78, 5) is 8.34. The number of nitrogens with one attached hydrogen (secondary N) is 1. The molecule has 92 valence electrons. The molecule has 2 rings (SSSR count). The van der Waals surface area contributed by atoms with E-state index in [-0.39, 0.29) is 12.4 Å². The molecule has 1 saturated heterocycles. The molecule has 0 bridgehead atoms. The maximum atomic E-state index is 4.46. The number of nitrogens with zero attached hydrogens (tertiary/aromatic N) is 2. The summed E-state index contributed by atoms with van der Waals surface area (Å²) in [6.45, 7) is 8.84. The lowest BCUT2D eigenvalue weighted by atomic mass is 10.2. The van der Waals surface area contributed by atoms with E-state index in [1.807, 2.05) is 17.5 Å². The van der Waals surface area contributed by atoms with Crippen LogP contribution in [0.5, 0.6) is 0 Å². The number of aryl methyl sites for hydroxylation is 1. The lowest BCUT2D eigenvalue weighted by Gasteiger charge is -2.31. The van der Waals surface area contributed by atoms with Crippen LogP contribution in [-0.4, -0.2) is 35.6 Å². The highest BCUT2D eigenvalue weighted by molar-refractivity contribution is 7.11. The van der Waals surface area contributed by atoms with Crippen LogP contribution in [0.2, 0.25) is 0 Å². The Morgan fingerprint density at radius 2 is 2.44 bits per heavy atom. The van der Waals surface area contributed by atoms with E-state index in [1.54, 1.807) is 0 Å². The fourth-order valence-electron chi connectivity index (χ4n) is 1.93. The molecule has 1 N–H and O–H groups in total. The molecule has 2 heterocycles. The van der Waals surface area contributed by atoms with Crippen LogP contribution in [0.3, 0.4) is 0 Å². The van der Waals surface area contributed by atoms with Gasteiger partial charge in [0.2, 0.25) is 0 Å². The highest BCUT2D eigenvalue weighted by Gasteiger charge is 2.16. The van der Waals surface area contributed by atoms with Gasteiger partial charge in [-0.3, -0.25) is 4.90 Å². The average molecular weight is 262 g/mol. The minimum atomic E-state index is 0. The third kappa shape index (κ3) is 3.70. The van der Waals surface area contributed by atoms with Gasteiger partial charge in [-0.2, -0.15) is 0 Å². The fraction of sp³-hybridized carbons (Fsp3) is 0.727. The SMILES string of the molecule is CCc1cnc(CN2CCN[C@@H](C)C2)s1.Cl. The third-order valence-electron chi connectivity index (χ3n) is 2.76. The van der Waals surface area contributed by atoms with Gasteiger partial charge in [0.05, 0.1) is 6.54 Å². The van der Waals surface area contributed by atoms with Crippen molar-refractivity contribution in [1.82, 2.24) is 15.2 Å². The molecular weight excluding hydrogens is 242 g/mol. The zero-order valence-corrected chi connectivity index (χ0v) is 11.5. The van der Waals surface area contributed by atoms with Gasteiger partial charge in [0.1, 0.15) is 5.01 Å². The largest absolute Gasteiger partial charge is 0.312 e. The molecule has 16 heavy (non-hydrogen) atoms. The molecule has 1 aliphatic rings. The van der Waals surface area contributed by atoms with Gasteiger partial charge in [-0.25, -0.2) is 4.98 Å². The summed E-state index contributed by atoms with van der Waals surface area (Å²) in [5, 5.41) is 4.72. The molecule has 5 heteroatoms. The molecule has 1 atom stereocenters. The van der Waals surface area contributed by atoms with Crippen LogP contribution >= 0.6 is 23.7 Å². The Hall–Kier alpha value is -0.160. The first-order valence-electron chi connectivity index (χ1n) is 5.67. The summed E-state index contributed by atoms with van der Waals surface area (Å²) in [6.07, 6.45) is 3.13. The normalized spacial score (nSPS) is 21.8. The molecule has 1 aromatic rings. The molecule has 1 aliphatic heterocycles. The highest BCUT2D eigenvalue weighted by Crippen LogP contribution is 2.15. The summed E-state index contributed by atoms with van der Waals surface area (Å²) in [6, 6.07) is 0.615. The number of halogens is 1. The van der Waals surface area contributed by atoms with E-state index in [0.29, 0.717) is 6.04 Å². The third-order valence-corrected chi connectivity index (χ3v) is 3.89. The summed E-state index contributed by atoms with van der Waals surface area (Å²) < 4.78 is 0. The van der Waals surface area contributed by atoms with Gasteiger partial charge < -0.3 is 5.32 Å². The van der Waals surface area contributed by atoms with E-state index in [1.165, 1.54) is 9.88 Å². The first-order valence-corrected chi connectivity index (χ1v) is 6.49. The molecule has 0 saturated carbocycles. The van der Waals surface area contributed by atoms with Gasteiger partial charge in [0.15, 0.2) is 0 Å². The van der Waals surface area contributed by atoms with Crippen LogP contribution < -0.4 is 5.32 Å². The van der Waals surface area contributed by atoms with E-state index in [9.17, 15) is 0 Å². The van der Waals surface area contributed by atoms with Gasteiger partial charge in [-0.05, 0) is 13.3 Å². The van der Waals surface area contributed by atoms with E-state index >= 15 is 0 Å². The fourth-order valence-corrected chi connectivity index (χ4v) is 2.84. The molecule has 1 fully saturated rings. The van der Waals surface area contributed by atoms with E-state index < -0.39 is 0 Å². The van der Waals surface area contributed by atoms with Crippen LogP contribution in [0.15, 0.2) is 6.20 Å². The summed E-state index contributed by atoms with van der Waals surface area (Å²) in [5.41, 5.74) is 0. The second-order valence-corrected chi connectivity index (χ2v) is 5.36. The van der Waals surface area contributed by atoms with Crippen LogP contribution in [-0.2, 0) is 13.0 Å². The van der Waals surface area contributed by atoms with Gasteiger partial charge in [-0.1, -0.05) is 6.92 Å². The minimum absolute atomic E-state index is 0. The topological polar surface area (TPSA) is 28.2 Å². The Morgan fingerprint density at radius 1 is 1.62 bits per heavy atom. The summed E-state index contributed by atoms with van der Waals surface area (Å²) in [5.74, 6) is 0. The Bertz CT molecular complexity index is 316. The predicted octanol–water partition coefficient (Wildman–Crippen LogP) is 1.92. The predicted molar refractivity (Wildman–Crippen MR) is 71.5 cm³/mol. The molecule has 0 aliphatic carbocycles. The number of hydrogen-bond acceptors (Lipinski definition) is 4. The van der Waals surface area contributed by atoms with Gasteiger partial charge >= 0.3 is 0 Å². The second-order valence-electron chi connectivity index (χ2n) is 4.16. The van der Waals surface area contributed by atoms with Crippen molar-refractivity contribution in [3.05, 3.63) is 16.1 Å². The molecule has 1 aromatic heterocycles. The number of thiazole rings is 1. The standard InChI is InChI=1S/C11H19N3S.ClH/c1-3-10-6-13-11(15-10)8-14-5-4-12-9(2)7-14;/h6,9,12H,3-5,7-8H2,1-2H3;1H/t9-;/m0./s1. The zero-order chi connectivity index (χ0) is 10.7. The van der Waals surface area contributed by atoms with Crippen molar-refractivity contribution in [2.45, 2.75) is 32.9 Å². The molecule has 0 amide bonds. The van der Waals surface area contributed by atoms with Crippen molar-refractivity contribution < 1.29 is 0 Å². The maximum Gasteiger partial charge on any atom is 0.107 e. The first kappa shape index (κ1) is 13.9. The van der Waals surface area contributed by atoms with Gasteiger partial charge in [0, 0.05) is 36.8 Å². The second kappa shape index (κ2) is 6.55. The van der Waals surface area contributed by atoms with Crippen molar-refractivity contribution in [2.24, 2.45) is 0 Å². The van der Waals surface area contributed by atoms with Crippen LogP contribution in [0, 0.1) is 0 Å². The van der Waals surface area contributed by atoms with E-state index in [0.717, 1.165) is 32.6 Å². The van der Waals surface area contributed by atoms with Crippen molar-refractivity contribution >= 4 is 23.7 Å². The van der Waals surface area contributed by atoms with Crippen molar-refractivity contribution in [3.8, 4) is 0 Å². The average Bonchev–Trinajstić information content (AvgIpc) is 2.65. The van der Waals surface area contributed by atoms with E-state index in [2.05, 4.69) is 29.0 Å². The first-order chi connectivity index (χ1) is 7.28. The number of rotatable bonds is 3. The van der Waals surface area contributed by atoms with Crippen LogP contribution in [0.1, 0.15) is 23.7 Å². The molecule has 0 aromatic carbocycles. The van der Waals surface area contributed by atoms with Crippen LogP contribution in [0.25, 0.3) is 0 Å². The minimum Gasteiger partial charge on any atom is -0.312 e. The van der Waals surface area contributed by atoms with Crippen LogP contribution in [0.4, 0.5) is 0 Å². The molecule has 0 unspecified atom stereocenters. The maximum absolute atomic E-state index is 4.46. The van der Waals surface area contributed by atoms with Gasteiger partial charge in [-0.15, -0.1) is 23.7 Å². The Morgan fingerprint density at radius 3 is 3.06 bits per heavy atom. The Kier molecular flexibility index (Phi) is 5.69. The monoisotopic (exact) mass is 261 g/mol. The molecule has 0 spiro atoms. The lowest BCUT2D eigenvalue weighted by Crippen LogP contribution is -2.48. The lowest BCUT2D eigenvalue weighted by molar-refractivity contribution is 0.199. The van der Waals surface area contributed by atoms with Crippen molar-refractivity contribution in [1.29, 1.82) is 0 Å². The quantitative estimate of drug-likeness (QED) is 0.901. The highest BCUT2D eigenvalue weighted by atomic mass is 35.5. The molecular formula is C11H20ClN3S. The molecule has 0 radical (unpaired) electrons. The van der Waals surface area contributed by atoms with Crippen molar-refractivity contribution in [2.75, 3.05) is 19.6 Å². The Labute approximate surface area is 108 Å². The number of hydrogen-bond donors (Lipinski definition) is 1. The smallest absolute Gasteiger partial charge is 0.107 e. The molecule has 3 nitrogen and oxygen atoms in total. The van der Waals surface area contributed by atoms with Gasteiger partial charge in [0.25, 0.3) is 0 Å². The van der Waals surface area contributed by atoms with Crippen molar-refractivity contribution in [3.63, 3.8) is 0 Å². The van der Waals surface area contributed by atoms with E-state index in [4.69, 9.17) is 0 Å². The number of piperazine rings is 1. The number of aromatic nitrogens is 1. The summed E-state index contributed by atoms with van der Waals surface area (Å²) in [7, 11) is 0. The zero-order valence-electron chi connectivity index (χ0n) is 9.90. The summed E-state index contributed by atoms with van der Waals surface area (Å²) >= 11 is 1.85. The Balaban J connectivity index is 0.00000128.